The fraction of sp³-hybridized carbons (Fsp3) is 0.143. The minimum atomic E-state index is -0.705. The first kappa shape index (κ1) is 22.1. The van der Waals surface area contributed by atoms with Crippen LogP contribution in [0.1, 0.15) is 19.4 Å². The highest BCUT2D eigenvalue weighted by molar-refractivity contribution is 6.02. The fourth-order valence-corrected chi connectivity index (χ4v) is 3.56. The third-order valence-corrected chi connectivity index (χ3v) is 5.24. The molecule has 0 fully saturated rings. The molecule has 0 unspecified atom stereocenters. The molecule has 0 radical (unpaired) electrons. The summed E-state index contributed by atoms with van der Waals surface area (Å²) in [6.07, 6.45) is 0.913. The quantitative estimate of drug-likeness (QED) is 0.278. The minimum absolute atomic E-state index is 0.336. The molecule has 1 atom stereocenters. The van der Waals surface area contributed by atoms with Crippen molar-refractivity contribution in [2.24, 2.45) is 5.10 Å². The first-order valence-corrected chi connectivity index (χ1v) is 11.0. The number of fused-ring (bicyclic) bond motifs is 1. The number of rotatable bonds is 8. The average Bonchev–Trinajstić information content (AvgIpc) is 2.86. The van der Waals surface area contributed by atoms with Gasteiger partial charge in [0.15, 0.2) is 6.10 Å². The van der Waals surface area contributed by atoms with Gasteiger partial charge in [0.25, 0.3) is 5.91 Å². The lowest BCUT2D eigenvalue weighted by atomic mass is 10.0. The zero-order valence-corrected chi connectivity index (χ0v) is 18.7. The number of carbonyl (C=O) groups is 1. The van der Waals surface area contributed by atoms with Gasteiger partial charge in [0, 0.05) is 5.56 Å². The molecule has 5 nitrogen and oxygen atoms in total. The van der Waals surface area contributed by atoms with E-state index in [9.17, 15) is 4.79 Å². The number of amides is 1. The molecule has 0 spiro atoms. The van der Waals surface area contributed by atoms with E-state index in [4.69, 9.17) is 9.47 Å². The van der Waals surface area contributed by atoms with E-state index in [1.807, 2.05) is 85.8 Å². The lowest BCUT2D eigenvalue weighted by molar-refractivity contribution is -0.127. The van der Waals surface area contributed by atoms with Gasteiger partial charge in [0.2, 0.25) is 0 Å². The Labute approximate surface area is 193 Å². The van der Waals surface area contributed by atoms with E-state index in [1.165, 1.54) is 0 Å². The van der Waals surface area contributed by atoms with Gasteiger partial charge in [-0.15, -0.1) is 0 Å². The van der Waals surface area contributed by atoms with Crippen LogP contribution in [0, 0.1) is 0 Å². The second-order valence-electron chi connectivity index (χ2n) is 7.52. The van der Waals surface area contributed by atoms with Crippen LogP contribution in [0.25, 0.3) is 21.9 Å². The Morgan fingerprint density at radius 1 is 0.909 bits per heavy atom. The molecule has 1 N–H and O–H groups in total. The van der Waals surface area contributed by atoms with Gasteiger partial charge in [-0.1, -0.05) is 72.8 Å². The second-order valence-corrected chi connectivity index (χ2v) is 7.52. The van der Waals surface area contributed by atoms with Gasteiger partial charge in [0.05, 0.1) is 12.8 Å². The maximum absolute atomic E-state index is 12.5. The Morgan fingerprint density at radius 3 is 2.36 bits per heavy atom. The lowest BCUT2D eigenvalue weighted by Gasteiger charge is -2.14. The van der Waals surface area contributed by atoms with Crippen molar-refractivity contribution in [2.45, 2.75) is 20.0 Å². The number of ether oxygens (including phenoxy) is 2. The Hall–Kier alpha value is -4.12. The van der Waals surface area contributed by atoms with Crippen LogP contribution >= 0.6 is 0 Å². The van der Waals surface area contributed by atoms with Crippen molar-refractivity contribution in [1.29, 1.82) is 0 Å². The summed E-state index contributed by atoms with van der Waals surface area (Å²) in [7, 11) is 0. The summed E-state index contributed by atoms with van der Waals surface area (Å²) in [6.45, 7) is 4.17. The van der Waals surface area contributed by atoms with Crippen molar-refractivity contribution in [3.8, 4) is 22.6 Å². The lowest BCUT2D eigenvalue weighted by Crippen LogP contribution is -2.33. The molecule has 0 aliphatic carbocycles. The van der Waals surface area contributed by atoms with Gasteiger partial charge >= 0.3 is 0 Å². The van der Waals surface area contributed by atoms with Crippen molar-refractivity contribution < 1.29 is 14.3 Å². The van der Waals surface area contributed by atoms with Crippen LogP contribution in [-0.2, 0) is 4.79 Å². The molecule has 0 saturated carbocycles. The van der Waals surface area contributed by atoms with E-state index in [-0.39, 0.29) is 5.91 Å². The molecular formula is C28H26N2O3. The predicted octanol–water partition coefficient (Wildman–Crippen LogP) is 5.82. The second kappa shape index (κ2) is 10.5. The maximum Gasteiger partial charge on any atom is 0.280 e. The van der Waals surface area contributed by atoms with Crippen LogP contribution in [0.15, 0.2) is 96.1 Å². The molecule has 0 bridgehead atoms. The summed E-state index contributed by atoms with van der Waals surface area (Å²) in [4.78, 5) is 12.5. The van der Waals surface area contributed by atoms with E-state index < -0.39 is 6.10 Å². The van der Waals surface area contributed by atoms with E-state index in [0.717, 1.165) is 33.2 Å². The van der Waals surface area contributed by atoms with Crippen LogP contribution < -0.4 is 14.9 Å². The Kier molecular flexibility index (Phi) is 7.00. The molecule has 1 amide bonds. The number of hydrazone groups is 1. The van der Waals surface area contributed by atoms with Gasteiger partial charge in [-0.2, -0.15) is 5.10 Å². The summed E-state index contributed by atoms with van der Waals surface area (Å²) in [5.41, 5.74) is 5.61. The average molecular weight is 439 g/mol. The fourth-order valence-electron chi connectivity index (χ4n) is 3.56. The molecule has 0 aliphatic heterocycles. The van der Waals surface area contributed by atoms with E-state index >= 15 is 0 Å². The number of benzene rings is 4. The van der Waals surface area contributed by atoms with Crippen LogP contribution in [0.3, 0.4) is 0 Å². The molecule has 4 rings (SSSR count). The molecule has 33 heavy (non-hydrogen) atoms. The monoisotopic (exact) mass is 438 g/mol. The van der Waals surface area contributed by atoms with E-state index in [0.29, 0.717) is 12.4 Å². The van der Waals surface area contributed by atoms with Crippen molar-refractivity contribution in [1.82, 2.24) is 5.43 Å². The third kappa shape index (κ3) is 5.39. The first-order chi connectivity index (χ1) is 16.2. The Bertz CT molecular complexity index is 1250. The highest BCUT2D eigenvalue weighted by Crippen LogP contribution is 2.27. The molecular weight excluding hydrogens is 412 g/mol. The number of nitrogens with zero attached hydrogens (tertiary/aromatic N) is 1. The van der Waals surface area contributed by atoms with Crippen LogP contribution in [-0.4, -0.2) is 24.8 Å². The summed E-state index contributed by atoms with van der Waals surface area (Å²) in [5, 5.41) is 6.24. The summed E-state index contributed by atoms with van der Waals surface area (Å²) >= 11 is 0. The molecule has 0 heterocycles. The van der Waals surface area contributed by atoms with Gasteiger partial charge in [-0.3, -0.25) is 4.79 Å². The van der Waals surface area contributed by atoms with Crippen molar-refractivity contribution in [3.05, 3.63) is 96.6 Å². The van der Waals surface area contributed by atoms with Gasteiger partial charge < -0.3 is 9.47 Å². The van der Waals surface area contributed by atoms with Crippen molar-refractivity contribution >= 4 is 22.9 Å². The van der Waals surface area contributed by atoms with Crippen molar-refractivity contribution in [3.63, 3.8) is 0 Å². The summed E-state index contributed by atoms with van der Waals surface area (Å²) in [5.74, 6) is 1.00. The minimum Gasteiger partial charge on any atom is -0.493 e. The zero-order chi connectivity index (χ0) is 23.0. The first-order valence-electron chi connectivity index (χ1n) is 11.0. The van der Waals surface area contributed by atoms with Crippen molar-refractivity contribution in [2.75, 3.05) is 6.61 Å². The van der Waals surface area contributed by atoms with Crippen LogP contribution in [0.4, 0.5) is 0 Å². The van der Waals surface area contributed by atoms with E-state index in [2.05, 4.69) is 22.7 Å². The topological polar surface area (TPSA) is 59.9 Å². The molecule has 0 saturated heterocycles. The third-order valence-electron chi connectivity index (χ3n) is 5.24. The Morgan fingerprint density at radius 2 is 1.61 bits per heavy atom. The standard InChI is InChI=1S/C28H26N2O3/c1-3-32-27-18-15-23-11-7-8-12-25(23)26(27)19-29-30-28(31)20(2)33-24-16-13-22(14-17-24)21-9-5-4-6-10-21/h4-20H,3H2,1-2H3,(H,30,31)/b29-19+/t20-/m0/s1. The molecule has 0 aromatic heterocycles. The number of hydrogen-bond donors (Lipinski definition) is 1. The molecule has 166 valence electrons. The number of carbonyl (C=O) groups excluding carboxylic acids is 1. The van der Waals surface area contributed by atoms with Gasteiger partial charge in [0.1, 0.15) is 11.5 Å². The summed E-state index contributed by atoms with van der Waals surface area (Å²) in [6, 6.07) is 29.7. The molecule has 4 aromatic carbocycles. The van der Waals surface area contributed by atoms with Gasteiger partial charge in [-0.05, 0) is 53.9 Å². The summed E-state index contributed by atoms with van der Waals surface area (Å²) < 4.78 is 11.5. The Balaban J connectivity index is 1.41. The van der Waals surface area contributed by atoms with Crippen LogP contribution in [0.5, 0.6) is 11.5 Å². The SMILES string of the molecule is CCOc1ccc2ccccc2c1/C=N/NC(=O)[C@H](C)Oc1ccc(-c2ccccc2)cc1. The van der Waals surface area contributed by atoms with Crippen LogP contribution in [0.2, 0.25) is 0 Å². The highest BCUT2D eigenvalue weighted by Gasteiger charge is 2.14. The molecule has 0 aliphatic rings. The predicted molar refractivity (Wildman–Crippen MR) is 133 cm³/mol. The highest BCUT2D eigenvalue weighted by atomic mass is 16.5. The van der Waals surface area contributed by atoms with Gasteiger partial charge in [-0.25, -0.2) is 5.43 Å². The van der Waals surface area contributed by atoms with E-state index in [1.54, 1.807) is 13.1 Å². The molecule has 4 aromatic rings. The number of nitrogens with one attached hydrogen (secondary N) is 1. The zero-order valence-electron chi connectivity index (χ0n) is 18.7. The largest absolute Gasteiger partial charge is 0.493 e. The smallest absolute Gasteiger partial charge is 0.280 e. The number of hydrogen-bond acceptors (Lipinski definition) is 4. The normalized spacial score (nSPS) is 11.9. The maximum atomic E-state index is 12.5. The molecule has 5 heteroatoms.